The Morgan fingerprint density at radius 3 is 3.13 bits per heavy atom. The lowest BCUT2D eigenvalue weighted by Gasteiger charge is -2.10. The number of nitrogens with two attached hydrogens (primary N) is 1. The molecule has 3 N–H and O–H groups in total. The third kappa shape index (κ3) is 1.92. The number of pyridine rings is 1. The number of hydrogen-bond donors (Lipinski definition) is 2. The zero-order valence-corrected chi connectivity index (χ0v) is 8.82. The van der Waals surface area contributed by atoms with E-state index in [9.17, 15) is 0 Å². The van der Waals surface area contributed by atoms with Gasteiger partial charge in [0, 0.05) is 24.8 Å². The quantitative estimate of drug-likeness (QED) is 0.791. The van der Waals surface area contributed by atoms with Gasteiger partial charge in [0.05, 0.1) is 11.1 Å². The van der Waals surface area contributed by atoms with Crippen LogP contribution in [0.3, 0.4) is 0 Å². The summed E-state index contributed by atoms with van der Waals surface area (Å²) in [4.78, 5) is 4.26. The van der Waals surface area contributed by atoms with Gasteiger partial charge in [0.25, 0.3) is 0 Å². The largest absolute Gasteiger partial charge is 0.366 e. The number of nitrogens with zero attached hydrogens (tertiary/aromatic N) is 2. The number of hydrogen-bond acceptors (Lipinski definition) is 5. The molecule has 80 valence electrons. The van der Waals surface area contributed by atoms with Crippen molar-refractivity contribution >= 4 is 16.8 Å². The maximum atomic E-state index is 5.51. The summed E-state index contributed by atoms with van der Waals surface area (Å²) in [6.07, 6.45) is 1.76. The van der Waals surface area contributed by atoms with Gasteiger partial charge in [-0.2, -0.15) is 0 Å². The molecule has 0 spiro atoms. The highest BCUT2D eigenvalue weighted by Crippen LogP contribution is 2.19. The molecule has 0 amide bonds. The van der Waals surface area contributed by atoms with E-state index in [1.54, 1.807) is 6.20 Å². The Labute approximate surface area is 87.6 Å². The number of fused-ring (bicyclic) bond motifs is 1. The van der Waals surface area contributed by atoms with E-state index >= 15 is 0 Å². The first-order valence-electron chi connectivity index (χ1n) is 4.89. The molecule has 2 heterocycles. The van der Waals surface area contributed by atoms with E-state index < -0.39 is 0 Å². The van der Waals surface area contributed by atoms with E-state index in [-0.39, 0.29) is 6.04 Å². The topological polar surface area (TPSA) is 77.0 Å². The average molecular weight is 206 g/mol. The number of aromatic nitrogens is 2. The molecule has 0 aromatic carbocycles. The van der Waals surface area contributed by atoms with Crippen molar-refractivity contribution in [1.29, 1.82) is 0 Å². The zero-order valence-electron chi connectivity index (χ0n) is 8.82. The van der Waals surface area contributed by atoms with Crippen LogP contribution in [0.25, 0.3) is 11.0 Å². The first kappa shape index (κ1) is 9.92. The summed E-state index contributed by atoms with van der Waals surface area (Å²) in [6.45, 7) is 4.45. The van der Waals surface area contributed by atoms with Crippen LogP contribution < -0.4 is 11.1 Å². The van der Waals surface area contributed by atoms with Gasteiger partial charge in [-0.3, -0.25) is 0 Å². The minimum absolute atomic E-state index is 0.193. The molecule has 0 aliphatic heterocycles. The monoisotopic (exact) mass is 206 g/mol. The molecule has 0 bridgehead atoms. The number of nitrogens with one attached hydrogen (secondary N) is 1. The van der Waals surface area contributed by atoms with E-state index in [0.717, 1.165) is 22.5 Å². The smallest absolute Gasteiger partial charge is 0.172 e. The van der Waals surface area contributed by atoms with Gasteiger partial charge in [0.2, 0.25) is 0 Å². The summed E-state index contributed by atoms with van der Waals surface area (Å²) in [7, 11) is 0. The van der Waals surface area contributed by atoms with Crippen LogP contribution in [-0.2, 0) is 0 Å². The van der Waals surface area contributed by atoms with Gasteiger partial charge in [-0.05, 0) is 13.8 Å². The second-order valence-electron chi connectivity index (χ2n) is 3.61. The van der Waals surface area contributed by atoms with Gasteiger partial charge in [-0.15, -0.1) is 0 Å². The molecule has 1 unspecified atom stereocenters. The second-order valence-corrected chi connectivity index (χ2v) is 3.61. The van der Waals surface area contributed by atoms with Crippen molar-refractivity contribution in [2.24, 2.45) is 5.73 Å². The molecule has 5 nitrogen and oxygen atoms in total. The van der Waals surface area contributed by atoms with Crippen LogP contribution in [-0.4, -0.2) is 22.7 Å². The minimum atomic E-state index is 0.193. The summed E-state index contributed by atoms with van der Waals surface area (Å²) in [5, 5.41) is 7.98. The Balaban J connectivity index is 2.31. The lowest BCUT2D eigenvalue weighted by molar-refractivity contribution is 0.450. The Morgan fingerprint density at radius 2 is 2.40 bits per heavy atom. The van der Waals surface area contributed by atoms with Crippen LogP contribution in [0.4, 0.5) is 5.82 Å². The molecule has 15 heavy (non-hydrogen) atoms. The van der Waals surface area contributed by atoms with Crippen molar-refractivity contribution in [3.05, 3.63) is 18.0 Å². The van der Waals surface area contributed by atoms with E-state index in [0.29, 0.717) is 6.54 Å². The fourth-order valence-electron chi connectivity index (χ4n) is 1.34. The van der Waals surface area contributed by atoms with E-state index in [1.807, 2.05) is 19.9 Å². The zero-order chi connectivity index (χ0) is 10.8. The van der Waals surface area contributed by atoms with Crippen LogP contribution in [0.15, 0.2) is 16.8 Å². The first-order chi connectivity index (χ1) is 7.20. The van der Waals surface area contributed by atoms with Crippen LogP contribution in [0.2, 0.25) is 0 Å². The predicted molar refractivity (Wildman–Crippen MR) is 58.7 cm³/mol. The third-order valence-electron chi connectivity index (χ3n) is 2.28. The summed E-state index contributed by atoms with van der Waals surface area (Å²) in [5.41, 5.74) is 7.11. The highest BCUT2D eigenvalue weighted by Gasteiger charge is 2.06. The fraction of sp³-hybridized carbons (Fsp3) is 0.400. The van der Waals surface area contributed by atoms with E-state index in [1.165, 1.54) is 0 Å². The predicted octanol–water partition coefficient (Wildman–Crippen LogP) is 1.29. The SMILES string of the molecule is Cc1noc2cc(NC(C)CN)ncc12. The molecule has 0 saturated heterocycles. The molecule has 0 aliphatic rings. The van der Waals surface area contributed by atoms with Gasteiger partial charge in [0.15, 0.2) is 5.58 Å². The van der Waals surface area contributed by atoms with Crippen molar-refractivity contribution < 1.29 is 4.52 Å². The standard InChI is InChI=1S/C10H14N4O/c1-6(4-11)13-10-3-9-8(5-12-10)7(2)14-15-9/h3,5-6H,4,11H2,1-2H3,(H,12,13). The molecule has 0 aliphatic carbocycles. The highest BCUT2D eigenvalue weighted by molar-refractivity contribution is 5.80. The summed E-state index contributed by atoms with van der Waals surface area (Å²) in [5.74, 6) is 0.761. The van der Waals surface area contributed by atoms with E-state index in [2.05, 4.69) is 15.5 Å². The van der Waals surface area contributed by atoms with Crippen molar-refractivity contribution in [3.8, 4) is 0 Å². The second kappa shape index (κ2) is 3.86. The molecule has 5 heteroatoms. The molecule has 1 atom stereocenters. The summed E-state index contributed by atoms with van der Waals surface area (Å²) < 4.78 is 5.14. The van der Waals surface area contributed by atoms with Crippen molar-refractivity contribution in [3.63, 3.8) is 0 Å². The first-order valence-corrected chi connectivity index (χ1v) is 4.89. The maximum absolute atomic E-state index is 5.51. The molecule has 2 rings (SSSR count). The Bertz CT molecular complexity index is 465. The van der Waals surface area contributed by atoms with Crippen molar-refractivity contribution in [1.82, 2.24) is 10.1 Å². The Kier molecular flexibility index (Phi) is 2.55. The molecule has 0 saturated carbocycles. The van der Waals surface area contributed by atoms with Gasteiger partial charge in [-0.25, -0.2) is 4.98 Å². The van der Waals surface area contributed by atoms with Crippen LogP contribution in [0, 0.1) is 6.92 Å². The Morgan fingerprint density at radius 1 is 1.60 bits per heavy atom. The number of rotatable bonds is 3. The van der Waals surface area contributed by atoms with Crippen LogP contribution in [0.5, 0.6) is 0 Å². The molecular formula is C10H14N4O. The lowest BCUT2D eigenvalue weighted by Crippen LogP contribution is -2.25. The molecule has 2 aromatic heterocycles. The summed E-state index contributed by atoms with van der Waals surface area (Å²) in [6, 6.07) is 2.03. The fourth-order valence-corrected chi connectivity index (χ4v) is 1.34. The van der Waals surface area contributed by atoms with Crippen LogP contribution >= 0.6 is 0 Å². The maximum Gasteiger partial charge on any atom is 0.172 e. The highest BCUT2D eigenvalue weighted by atomic mass is 16.5. The van der Waals surface area contributed by atoms with Crippen LogP contribution in [0.1, 0.15) is 12.6 Å². The van der Waals surface area contributed by atoms with Gasteiger partial charge in [0.1, 0.15) is 5.82 Å². The molecule has 0 fully saturated rings. The minimum Gasteiger partial charge on any atom is -0.366 e. The molecular weight excluding hydrogens is 192 g/mol. The van der Waals surface area contributed by atoms with E-state index in [4.69, 9.17) is 10.3 Å². The van der Waals surface area contributed by atoms with Crippen molar-refractivity contribution in [2.45, 2.75) is 19.9 Å². The third-order valence-corrected chi connectivity index (χ3v) is 2.28. The summed E-state index contributed by atoms with van der Waals surface area (Å²) >= 11 is 0. The normalized spacial score (nSPS) is 13.0. The van der Waals surface area contributed by atoms with Gasteiger partial charge in [-0.1, -0.05) is 5.16 Å². The Hall–Kier alpha value is -1.62. The molecule has 2 aromatic rings. The van der Waals surface area contributed by atoms with Crippen molar-refractivity contribution in [2.75, 3.05) is 11.9 Å². The average Bonchev–Trinajstić information content (AvgIpc) is 2.60. The number of aryl methyl sites for hydroxylation is 1. The number of anilines is 1. The van der Waals surface area contributed by atoms with Gasteiger partial charge >= 0.3 is 0 Å². The van der Waals surface area contributed by atoms with Gasteiger partial charge < -0.3 is 15.6 Å². The lowest BCUT2D eigenvalue weighted by atomic mass is 10.2. The molecule has 0 radical (unpaired) electrons.